The highest BCUT2D eigenvalue weighted by Crippen LogP contribution is 2.16. The molecular weight excluding hydrogens is 228 g/mol. The smallest absolute Gasteiger partial charge is 0.238 e. The molecule has 2 N–H and O–H groups in total. The minimum Gasteiger partial charge on any atom is -0.491 e. The van der Waals surface area contributed by atoms with E-state index in [0.29, 0.717) is 12.6 Å². The summed E-state index contributed by atoms with van der Waals surface area (Å²) in [7, 11) is 0. The summed E-state index contributed by atoms with van der Waals surface area (Å²) >= 11 is 0. The fraction of sp³-hybridized carbons (Fsp3) is 0.500. The highest BCUT2D eigenvalue weighted by molar-refractivity contribution is 5.92. The molecule has 1 rings (SSSR count). The molecule has 0 spiro atoms. The van der Waals surface area contributed by atoms with Crippen LogP contribution in [-0.4, -0.2) is 24.6 Å². The van der Waals surface area contributed by atoms with Crippen LogP contribution >= 0.6 is 0 Å². The lowest BCUT2D eigenvalue weighted by atomic mass is 10.3. The second-order valence-corrected chi connectivity index (χ2v) is 4.77. The molecule has 18 heavy (non-hydrogen) atoms. The number of amides is 1. The molecule has 4 nitrogen and oxygen atoms in total. The summed E-state index contributed by atoms with van der Waals surface area (Å²) in [5, 5.41) is 5.89. The molecular formula is C14H22N2O2. The number of anilines is 1. The number of carbonyl (C=O) groups is 1. The summed E-state index contributed by atoms with van der Waals surface area (Å²) in [6.45, 7) is 8.29. The van der Waals surface area contributed by atoms with E-state index >= 15 is 0 Å². The Kier molecular flexibility index (Phi) is 5.65. The van der Waals surface area contributed by atoms with Crippen molar-refractivity contribution >= 4 is 11.6 Å². The van der Waals surface area contributed by atoms with Gasteiger partial charge in [0.1, 0.15) is 5.75 Å². The highest BCUT2D eigenvalue weighted by Gasteiger charge is 2.03. The Morgan fingerprint density at radius 2 is 1.78 bits per heavy atom. The molecule has 0 fully saturated rings. The molecule has 100 valence electrons. The number of hydrogen-bond acceptors (Lipinski definition) is 3. The third-order valence-electron chi connectivity index (χ3n) is 2.18. The van der Waals surface area contributed by atoms with Crippen LogP contribution in [0.1, 0.15) is 27.7 Å². The van der Waals surface area contributed by atoms with Crippen molar-refractivity contribution in [3.8, 4) is 5.75 Å². The summed E-state index contributed by atoms with van der Waals surface area (Å²) in [6.07, 6.45) is 0.153. The molecule has 0 aliphatic carbocycles. The summed E-state index contributed by atoms with van der Waals surface area (Å²) in [4.78, 5) is 11.6. The quantitative estimate of drug-likeness (QED) is 0.815. The number of nitrogens with one attached hydrogen (secondary N) is 2. The van der Waals surface area contributed by atoms with Gasteiger partial charge in [-0.25, -0.2) is 0 Å². The molecule has 1 aromatic rings. The molecule has 0 unspecified atom stereocenters. The average molecular weight is 250 g/mol. The first-order chi connectivity index (χ1) is 8.47. The Morgan fingerprint density at radius 1 is 1.17 bits per heavy atom. The molecule has 0 saturated heterocycles. The molecule has 0 heterocycles. The second kappa shape index (κ2) is 7.01. The largest absolute Gasteiger partial charge is 0.491 e. The van der Waals surface area contributed by atoms with E-state index < -0.39 is 0 Å². The Labute approximate surface area is 109 Å². The van der Waals surface area contributed by atoms with E-state index in [1.54, 1.807) is 0 Å². The van der Waals surface area contributed by atoms with E-state index in [-0.39, 0.29) is 12.0 Å². The lowest BCUT2D eigenvalue weighted by Crippen LogP contribution is -2.32. The van der Waals surface area contributed by atoms with Gasteiger partial charge in [-0.15, -0.1) is 0 Å². The van der Waals surface area contributed by atoms with Crippen LogP contribution in [0.2, 0.25) is 0 Å². The summed E-state index contributed by atoms with van der Waals surface area (Å²) < 4.78 is 5.53. The lowest BCUT2D eigenvalue weighted by Gasteiger charge is -2.11. The molecule has 0 aliphatic heterocycles. The van der Waals surface area contributed by atoms with Gasteiger partial charge in [0.15, 0.2) is 0 Å². The number of carbonyl (C=O) groups excluding carboxylic acids is 1. The van der Waals surface area contributed by atoms with Crippen molar-refractivity contribution < 1.29 is 9.53 Å². The van der Waals surface area contributed by atoms with Gasteiger partial charge < -0.3 is 15.4 Å². The maximum Gasteiger partial charge on any atom is 0.238 e. The van der Waals surface area contributed by atoms with E-state index in [1.165, 1.54) is 0 Å². The first-order valence-electron chi connectivity index (χ1n) is 6.27. The summed E-state index contributed by atoms with van der Waals surface area (Å²) in [5.74, 6) is 0.768. The number of benzene rings is 1. The van der Waals surface area contributed by atoms with E-state index in [4.69, 9.17) is 4.74 Å². The normalized spacial score (nSPS) is 10.8. The minimum absolute atomic E-state index is 0.0405. The van der Waals surface area contributed by atoms with Crippen molar-refractivity contribution in [3.05, 3.63) is 24.3 Å². The van der Waals surface area contributed by atoms with Crippen LogP contribution in [0.25, 0.3) is 0 Å². The van der Waals surface area contributed by atoms with Crippen LogP contribution in [0.5, 0.6) is 5.75 Å². The molecule has 1 aromatic carbocycles. The zero-order valence-corrected chi connectivity index (χ0v) is 11.5. The van der Waals surface area contributed by atoms with Crippen LogP contribution in [0.3, 0.4) is 0 Å². The van der Waals surface area contributed by atoms with E-state index in [0.717, 1.165) is 11.4 Å². The Balaban J connectivity index is 2.45. The van der Waals surface area contributed by atoms with E-state index in [9.17, 15) is 4.79 Å². The van der Waals surface area contributed by atoms with Gasteiger partial charge in [-0.1, -0.05) is 13.8 Å². The number of ether oxygens (including phenoxy) is 1. The third kappa shape index (κ3) is 5.68. The number of hydrogen-bond donors (Lipinski definition) is 2. The Hall–Kier alpha value is -1.55. The SMILES string of the molecule is CC(C)NCC(=O)Nc1ccc(OC(C)C)cc1. The van der Waals surface area contributed by atoms with Crippen LogP contribution in [0.15, 0.2) is 24.3 Å². The van der Waals surface area contributed by atoms with Gasteiger partial charge in [0, 0.05) is 11.7 Å². The van der Waals surface area contributed by atoms with Gasteiger partial charge in [-0.2, -0.15) is 0 Å². The summed E-state index contributed by atoms with van der Waals surface area (Å²) in [6, 6.07) is 7.69. The van der Waals surface area contributed by atoms with Crippen molar-refractivity contribution in [2.24, 2.45) is 0 Å². The lowest BCUT2D eigenvalue weighted by molar-refractivity contribution is -0.115. The standard InChI is InChI=1S/C14H22N2O2/c1-10(2)15-9-14(17)16-12-5-7-13(8-6-12)18-11(3)4/h5-8,10-11,15H,9H2,1-4H3,(H,16,17). The average Bonchev–Trinajstić information content (AvgIpc) is 2.28. The maximum atomic E-state index is 11.6. The molecule has 1 amide bonds. The zero-order valence-electron chi connectivity index (χ0n) is 11.5. The molecule has 0 bridgehead atoms. The Bertz CT molecular complexity index is 372. The third-order valence-corrected chi connectivity index (χ3v) is 2.18. The van der Waals surface area contributed by atoms with Crippen LogP contribution in [0.4, 0.5) is 5.69 Å². The molecule has 0 saturated carbocycles. The van der Waals surface area contributed by atoms with Crippen LogP contribution < -0.4 is 15.4 Å². The molecule has 0 aromatic heterocycles. The first-order valence-corrected chi connectivity index (χ1v) is 6.27. The van der Waals surface area contributed by atoms with Gasteiger partial charge >= 0.3 is 0 Å². The van der Waals surface area contributed by atoms with E-state index in [2.05, 4.69) is 10.6 Å². The Morgan fingerprint density at radius 3 is 2.28 bits per heavy atom. The van der Waals surface area contributed by atoms with Crippen molar-refractivity contribution in [3.63, 3.8) is 0 Å². The van der Waals surface area contributed by atoms with Crippen molar-refractivity contribution in [2.45, 2.75) is 39.8 Å². The molecule has 0 radical (unpaired) electrons. The van der Waals surface area contributed by atoms with Crippen LogP contribution in [-0.2, 0) is 4.79 Å². The van der Waals surface area contributed by atoms with Crippen LogP contribution in [0, 0.1) is 0 Å². The molecule has 4 heteroatoms. The first kappa shape index (κ1) is 14.5. The van der Waals surface area contributed by atoms with Crippen molar-refractivity contribution in [1.82, 2.24) is 5.32 Å². The van der Waals surface area contributed by atoms with Gasteiger partial charge in [0.05, 0.1) is 12.6 Å². The van der Waals surface area contributed by atoms with Crippen molar-refractivity contribution in [1.29, 1.82) is 0 Å². The maximum absolute atomic E-state index is 11.6. The fourth-order valence-electron chi connectivity index (χ4n) is 1.39. The van der Waals surface area contributed by atoms with Gasteiger partial charge in [-0.3, -0.25) is 4.79 Å². The predicted molar refractivity (Wildman–Crippen MR) is 74.0 cm³/mol. The second-order valence-electron chi connectivity index (χ2n) is 4.77. The van der Waals surface area contributed by atoms with Crippen molar-refractivity contribution in [2.75, 3.05) is 11.9 Å². The van der Waals surface area contributed by atoms with Gasteiger partial charge in [-0.05, 0) is 38.1 Å². The topological polar surface area (TPSA) is 50.4 Å². The monoisotopic (exact) mass is 250 g/mol. The fourth-order valence-corrected chi connectivity index (χ4v) is 1.39. The zero-order chi connectivity index (χ0) is 13.5. The number of rotatable bonds is 6. The van der Waals surface area contributed by atoms with Gasteiger partial charge in [0.25, 0.3) is 0 Å². The molecule has 0 aliphatic rings. The van der Waals surface area contributed by atoms with E-state index in [1.807, 2.05) is 52.0 Å². The highest BCUT2D eigenvalue weighted by atomic mass is 16.5. The predicted octanol–water partition coefficient (Wildman–Crippen LogP) is 2.41. The van der Waals surface area contributed by atoms with Gasteiger partial charge in [0.2, 0.25) is 5.91 Å². The summed E-state index contributed by atoms with van der Waals surface area (Å²) in [5.41, 5.74) is 0.779. The minimum atomic E-state index is -0.0405. The molecule has 0 atom stereocenters.